The van der Waals surface area contributed by atoms with Gasteiger partial charge in [-0.25, -0.2) is 4.79 Å². The molecule has 0 aromatic heterocycles. The fourth-order valence-corrected chi connectivity index (χ4v) is 1.98. The largest absolute Gasteiger partial charge is 0.497 e. The topological polar surface area (TPSA) is 68.8 Å². The lowest BCUT2D eigenvalue weighted by molar-refractivity contribution is 0.146. The summed E-state index contributed by atoms with van der Waals surface area (Å²) in [5, 5.41) is 5.58. The summed E-state index contributed by atoms with van der Waals surface area (Å²) in [6.07, 6.45) is 0. The zero-order chi connectivity index (χ0) is 17.2. The summed E-state index contributed by atoms with van der Waals surface area (Å²) in [5.74, 6) is 1.52. The Hall–Kier alpha value is -2.73. The Morgan fingerprint density at radius 2 is 1.58 bits per heavy atom. The summed E-state index contributed by atoms with van der Waals surface area (Å²) >= 11 is 0. The number of amides is 2. The van der Waals surface area contributed by atoms with Gasteiger partial charge in [-0.2, -0.15) is 0 Å². The molecule has 0 heterocycles. The molecule has 128 valence electrons. The highest BCUT2D eigenvalue weighted by Gasteiger charge is 2.03. The van der Waals surface area contributed by atoms with Crippen molar-refractivity contribution in [3.63, 3.8) is 0 Å². The fourth-order valence-electron chi connectivity index (χ4n) is 1.98. The molecule has 0 unspecified atom stereocenters. The second kappa shape index (κ2) is 9.42. The smallest absolute Gasteiger partial charge is 0.319 e. The first-order valence-corrected chi connectivity index (χ1v) is 7.61. The first-order chi connectivity index (χ1) is 11.7. The van der Waals surface area contributed by atoms with E-state index in [0.29, 0.717) is 25.4 Å². The Labute approximate surface area is 141 Å². The van der Waals surface area contributed by atoms with Crippen LogP contribution in [0.15, 0.2) is 48.5 Å². The number of rotatable bonds is 8. The van der Waals surface area contributed by atoms with Crippen molar-refractivity contribution < 1.29 is 19.0 Å². The van der Waals surface area contributed by atoms with Gasteiger partial charge < -0.3 is 24.8 Å². The van der Waals surface area contributed by atoms with Crippen molar-refractivity contribution in [2.24, 2.45) is 0 Å². The van der Waals surface area contributed by atoms with Crippen molar-refractivity contribution in [3.05, 3.63) is 54.1 Å². The molecule has 0 bridgehead atoms. The number of benzene rings is 2. The maximum atomic E-state index is 11.9. The van der Waals surface area contributed by atoms with Gasteiger partial charge in [-0.3, -0.25) is 0 Å². The number of hydrogen-bond acceptors (Lipinski definition) is 4. The Morgan fingerprint density at radius 3 is 2.21 bits per heavy atom. The number of anilines is 1. The molecule has 0 aliphatic carbocycles. The van der Waals surface area contributed by atoms with Gasteiger partial charge >= 0.3 is 6.03 Å². The second-order valence-electron chi connectivity index (χ2n) is 5.02. The number of nitrogens with one attached hydrogen (secondary N) is 2. The van der Waals surface area contributed by atoms with E-state index >= 15 is 0 Å². The third-order valence-electron chi connectivity index (χ3n) is 3.28. The SMILES string of the molecule is COCCOc1ccc(NC(=O)NCc2ccc(OC)cc2)cc1. The first-order valence-electron chi connectivity index (χ1n) is 7.61. The first kappa shape index (κ1) is 17.6. The lowest BCUT2D eigenvalue weighted by Gasteiger charge is -2.09. The van der Waals surface area contributed by atoms with Gasteiger partial charge in [-0.1, -0.05) is 12.1 Å². The van der Waals surface area contributed by atoms with Crippen LogP contribution >= 0.6 is 0 Å². The van der Waals surface area contributed by atoms with Crippen LogP contribution in [0.1, 0.15) is 5.56 Å². The average Bonchev–Trinajstić information content (AvgIpc) is 2.62. The zero-order valence-electron chi connectivity index (χ0n) is 13.9. The molecule has 2 rings (SSSR count). The lowest BCUT2D eigenvalue weighted by atomic mass is 10.2. The van der Waals surface area contributed by atoms with Crippen molar-refractivity contribution in [2.75, 3.05) is 32.8 Å². The minimum Gasteiger partial charge on any atom is -0.497 e. The van der Waals surface area contributed by atoms with E-state index in [1.165, 1.54) is 0 Å². The molecular formula is C18H22N2O4. The predicted octanol–water partition coefficient (Wildman–Crippen LogP) is 3.04. The van der Waals surface area contributed by atoms with Gasteiger partial charge in [0.25, 0.3) is 0 Å². The van der Waals surface area contributed by atoms with Gasteiger partial charge in [-0.15, -0.1) is 0 Å². The molecule has 0 aliphatic heterocycles. The van der Waals surface area contributed by atoms with Crippen LogP contribution in [0.25, 0.3) is 0 Å². The number of carbonyl (C=O) groups is 1. The van der Waals surface area contributed by atoms with Crippen LogP contribution in [0.2, 0.25) is 0 Å². The highest BCUT2D eigenvalue weighted by molar-refractivity contribution is 5.89. The van der Waals surface area contributed by atoms with Crippen LogP contribution in [-0.2, 0) is 11.3 Å². The number of urea groups is 1. The molecule has 24 heavy (non-hydrogen) atoms. The highest BCUT2D eigenvalue weighted by atomic mass is 16.5. The molecule has 6 heteroatoms. The molecule has 2 amide bonds. The predicted molar refractivity (Wildman–Crippen MR) is 92.7 cm³/mol. The molecule has 2 aromatic rings. The maximum Gasteiger partial charge on any atom is 0.319 e. The van der Waals surface area contributed by atoms with E-state index in [9.17, 15) is 4.79 Å². The van der Waals surface area contributed by atoms with E-state index in [2.05, 4.69) is 10.6 Å². The van der Waals surface area contributed by atoms with E-state index < -0.39 is 0 Å². The van der Waals surface area contributed by atoms with Crippen molar-refractivity contribution in [2.45, 2.75) is 6.54 Å². The van der Waals surface area contributed by atoms with Gasteiger partial charge in [0.1, 0.15) is 18.1 Å². The third-order valence-corrected chi connectivity index (χ3v) is 3.28. The van der Waals surface area contributed by atoms with E-state index in [1.807, 2.05) is 24.3 Å². The number of carbonyl (C=O) groups excluding carboxylic acids is 1. The Kier molecular flexibility index (Phi) is 6.91. The zero-order valence-corrected chi connectivity index (χ0v) is 13.9. The van der Waals surface area contributed by atoms with E-state index in [0.717, 1.165) is 17.1 Å². The minimum absolute atomic E-state index is 0.265. The summed E-state index contributed by atoms with van der Waals surface area (Å²) in [6.45, 7) is 1.47. The quantitative estimate of drug-likeness (QED) is 0.730. The lowest BCUT2D eigenvalue weighted by Crippen LogP contribution is -2.28. The molecule has 0 aliphatic rings. The van der Waals surface area contributed by atoms with Crippen LogP contribution < -0.4 is 20.1 Å². The van der Waals surface area contributed by atoms with Gasteiger partial charge in [0.05, 0.1) is 13.7 Å². The van der Waals surface area contributed by atoms with E-state index in [-0.39, 0.29) is 6.03 Å². The van der Waals surface area contributed by atoms with Crippen molar-refractivity contribution in [3.8, 4) is 11.5 Å². The summed E-state index contributed by atoms with van der Waals surface area (Å²) in [7, 11) is 3.25. The fraction of sp³-hybridized carbons (Fsp3) is 0.278. The molecule has 0 spiro atoms. The number of hydrogen-bond donors (Lipinski definition) is 2. The molecular weight excluding hydrogens is 308 g/mol. The van der Waals surface area contributed by atoms with Crippen LogP contribution in [0.4, 0.5) is 10.5 Å². The number of methoxy groups -OCH3 is 2. The van der Waals surface area contributed by atoms with Crippen molar-refractivity contribution in [1.82, 2.24) is 5.32 Å². The van der Waals surface area contributed by atoms with Crippen LogP contribution in [0.5, 0.6) is 11.5 Å². The summed E-state index contributed by atoms with van der Waals surface area (Å²) in [6, 6.07) is 14.4. The second-order valence-corrected chi connectivity index (χ2v) is 5.02. The van der Waals surface area contributed by atoms with E-state index in [1.54, 1.807) is 38.5 Å². The molecule has 0 atom stereocenters. The molecule has 0 saturated carbocycles. The third kappa shape index (κ3) is 5.81. The summed E-state index contributed by atoms with van der Waals surface area (Å²) in [5.41, 5.74) is 1.69. The molecule has 0 saturated heterocycles. The van der Waals surface area contributed by atoms with Gasteiger partial charge in [0.15, 0.2) is 0 Å². The Morgan fingerprint density at radius 1 is 0.917 bits per heavy atom. The van der Waals surface area contributed by atoms with Gasteiger partial charge in [0, 0.05) is 19.3 Å². The van der Waals surface area contributed by atoms with Gasteiger partial charge in [0.2, 0.25) is 0 Å². The van der Waals surface area contributed by atoms with Gasteiger partial charge in [-0.05, 0) is 42.0 Å². The van der Waals surface area contributed by atoms with Crippen LogP contribution in [-0.4, -0.2) is 33.5 Å². The monoisotopic (exact) mass is 330 g/mol. The molecule has 2 N–H and O–H groups in total. The highest BCUT2D eigenvalue weighted by Crippen LogP contribution is 2.15. The maximum absolute atomic E-state index is 11.9. The molecule has 0 fully saturated rings. The molecule has 2 aromatic carbocycles. The molecule has 0 radical (unpaired) electrons. The summed E-state index contributed by atoms with van der Waals surface area (Å²) in [4.78, 5) is 11.9. The Balaban J connectivity index is 1.76. The normalized spacial score (nSPS) is 10.1. The van der Waals surface area contributed by atoms with Crippen molar-refractivity contribution in [1.29, 1.82) is 0 Å². The minimum atomic E-state index is -0.265. The van der Waals surface area contributed by atoms with E-state index in [4.69, 9.17) is 14.2 Å². The van der Waals surface area contributed by atoms with Crippen LogP contribution in [0, 0.1) is 0 Å². The molecule has 6 nitrogen and oxygen atoms in total. The van der Waals surface area contributed by atoms with Crippen molar-refractivity contribution >= 4 is 11.7 Å². The average molecular weight is 330 g/mol. The number of ether oxygens (including phenoxy) is 3. The standard InChI is InChI=1S/C18H22N2O4/c1-22-11-12-24-17-9-5-15(6-10-17)20-18(21)19-13-14-3-7-16(23-2)8-4-14/h3-10H,11-13H2,1-2H3,(H2,19,20,21). The van der Waals surface area contributed by atoms with Crippen LogP contribution in [0.3, 0.4) is 0 Å². The summed E-state index contributed by atoms with van der Waals surface area (Å²) < 4.78 is 15.5. The Bertz CT molecular complexity index is 626.